The molecular formula is C74H74FeP2PtS6+2. The third-order valence-electron chi connectivity index (χ3n) is 14.1. The largest absolute Gasteiger partial charge is 2.00 e. The van der Waals surface area contributed by atoms with Crippen molar-refractivity contribution in [2.45, 2.75) is 105 Å². The third kappa shape index (κ3) is 19.1. The van der Waals surface area contributed by atoms with Gasteiger partial charge in [0.15, 0.2) is 0 Å². The van der Waals surface area contributed by atoms with E-state index in [0.29, 0.717) is 0 Å². The fraction of sp³-hybridized carbons (Fsp3) is 0.216. The molecule has 2 saturated carbocycles. The van der Waals surface area contributed by atoms with Crippen molar-refractivity contribution in [3.8, 4) is 39.0 Å². The first-order chi connectivity index (χ1) is 40.6. The van der Waals surface area contributed by atoms with Crippen LogP contribution in [-0.2, 0) is 63.8 Å². The van der Waals surface area contributed by atoms with E-state index in [-0.39, 0.29) is 38.1 Å². The summed E-state index contributed by atoms with van der Waals surface area (Å²) in [4.78, 5) is 11.7. The average Bonchev–Trinajstić information content (AvgIpc) is 4.38. The second-order valence-corrected chi connectivity index (χ2v) is 30.1. The van der Waals surface area contributed by atoms with E-state index in [4.69, 9.17) is 0 Å². The maximum Gasteiger partial charge on any atom is 2.00 e. The molecule has 10 heteroatoms. The van der Waals surface area contributed by atoms with E-state index < -0.39 is 15.8 Å². The second-order valence-electron chi connectivity index (χ2n) is 19.9. The van der Waals surface area contributed by atoms with Gasteiger partial charge in [0.05, 0.1) is 0 Å². The summed E-state index contributed by atoms with van der Waals surface area (Å²) in [7, 11) is -0.818. The van der Waals surface area contributed by atoms with Gasteiger partial charge in [0.25, 0.3) is 0 Å². The minimum atomic E-state index is -0.409. The summed E-state index contributed by atoms with van der Waals surface area (Å²) >= 11 is 11.3. The Kier molecular flexibility index (Phi) is 30.9. The number of benzene rings is 4. The summed E-state index contributed by atoms with van der Waals surface area (Å²) in [6.07, 6.45) is 32.4. The Hall–Kier alpha value is -2.85. The van der Waals surface area contributed by atoms with E-state index in [9.17, 15) is 0 Å². The predicted molar refractivity (Wildman–Crippen MR) is 373 cm³/mol. The zero-order chi connectivity index (χ0) is 56.6. The van der Waals surface area contributed by atoms with Crippen LogP contribution in [0.15, 0.2) is 181 Å². The van der Waals surface area contributed by atoms with Crippen molar-refractivity contribution in [3.05, 3.63) is 276 Å². The zero-order valence-corrected chi connectivity index (χ0v) is 58.5. The van der Waals surface area contributed by atoms with E-state index in [0.717, 1.165) is 0 Å². The van der Waals surface area contributed by atoms with Crippen molar-refractivity contribution < 1.29 is 38.1 Å². The van der Waals surface area contributed by atoms with Crippen molar-refractivity contribution in [1.29, 1.82) is 0 Å². The Bertz CT molecular complexity index is 2830. The molecule has 2 aliphatic rings. The van der Waals surface area contributed by atoms with E-state index >= 15 is 0 Å². The molecule has 12 rings (SSSR count). The van der Waals surface area contributed by atoms with Crippen molar-refractivity contribution in [2.75, 3.05) is 0 Å². The van der Waals surface area contributed by atoms with E-state index in [1.54, 1.807) is 44.9 Å². The summed E-state index contributed by atoms with van der Waals surface area (Å²) in [6, 6.07) is 60.6. The molecule has 10 aromatic rings. The van der Waals surface area contributed by atoms with Crippen molar-refractivity contribution in [1.82, 2.24) is 0 Å². The van der Waals surface area contributed by atoms with Gasteiger partial charge in [-0.1, -0.05) is 187 Å². The van der Waals surface area contributed by atoms with Gasteiger partial charge in [0, 0.05) is 30.8 Å². The number of thiophene rings is 6. The minimum absolute atomic E-state index is 0. The molecule has 0 saturated heterocycles. The first kappa shape index (κ1) is 68.6. The molecule has 0 bridgehead atoms. The fourth-order valence-corrected chi connectivity index (χ4v) is 20.8. The van der Waals surface area contributed by atoms with Gasteiger partial charge in [-0.05, 0) is 195 Å². The molecule has 2 aliphatic carbocycles. The Morgan fingerprint density at radius 3 is 0.869 bits per heavy atom. The van der Waals surface area contributed by atoms with Crippen LogP contribution >= 0.6 is 83.9 Å². The topological polar surface area (TPSA) is 0 Å². The minimum Gasteiger partial charge on any atom is -0.295 e. The molecule has 432 valence electrons. The third-order valence-corrected chi connectivity index (χ3v) is 25.6. The van der Waals surface area contributed by atoms with E-state index in [1.807, 2.05) is 45.3 Å². The fourth-order valence-electron chi connectivity index (χ4n) is 10.0. The molecule has 0 aliphatic heterocycles. The Morgan fingerprint density at radius 2 is 0.631 bits per heavy atom. The van der Waals surface area contributed by atoms with E-state index in [1.165, 1.54) is 149 Å². The maximum atomic E-state index is 3.27. The van der Waals surface area contributed by atoms with Gasteiger partial charge in [0.2, 0.25) is 0 Å². The number of hydrogen-bond donors (Lipinski definition) is 0. The predicted octanol–water partition coefficient (Wildman–Crippen LogP) is 22.3. The van der Waals surface area contributed by atoms with Crippen LogP contribution in [0.5, 0.6) is 0 Å². The molecule has 0 spiro atoms. The van der Waals surface area contributed by atoms with Gasteiger partial charge in [-0.2, -0.15) is 24.3 Å². The van der Waals surface area contributed by atoms with Crippen LogP contribution in [0.25, 0.3) is 39.0 Å². The number of hydrogen-bond acceptors (Lipinski definition) is 6. The molecule has 6 aromatic heterocycles. The van der Waals surface area contributed by atoms with Crippen LogP contribution < -0.4 is 21.2 Å². The van der Waals surface area contributed by atoms with Gasteiger partial charge >= 0.3 is 38.1 Å². The van der Waals surface area contributed by atoms with E-state index in [2.05, 4.69) is 270 Å². The van der Waals surface area contributed by atoms with Crippen LogP contribution in [-0.4, -0.2) is 0 Å². The van der Waals surface area contributed by atoms with Gasteiger partial charge in [0.1, 0.15) is 0 Å². The molecule has 6 heterocycles. The molecule has 0 unspecified atom stereocenters. The molecule has 0 atom stereocenters. The monoisotopic (exact) mass is 1470 g/mol. The number of rotatable bonds is 22. The van der Waals surface area contributed by atoms with Crippen LogP contribution in [0.4, 0.5) is 0 Å². The van der Waals surface area contributed by atoms with Crippen molar-refractivity contribution in [2.24, 2.45) is 0 Å². The molecule has 84 heavy (non-hydrogen) atoms. The summed E-state index contributed by atoms with van der Waals surface area (Å²) in [6.45, 7) is 9.16. The van der Waals surface area contributed by atoms with Crippen molar-refractivity contribution >= 4 is 105 Å². The van der Waals surface area contributed by atoms with Gasteiger partial charge in [-0.15, -0.1) is 65.9 Å². The Morgan fingerprint density at radius 1 is 0.345 bits per heavy atom. The van der Waals surface area contributed by atoms with Gasteiger partial charge < -0.3 is 0 Å². The molecule has 0 amide bonds. The summed E-state index contributed by atoms with van der Waals surface area (Å²) in [5.74, 6) is 0. The molecular weight excluding hydrogens is 1390 g/mol. The number of unbranched alkanes of at least 4 members (excludes halogenated alkanes) is 4. The average molecular weight is 1470 g/mol. The van der Waals surface area contributed by atoms with Crippen molar-refractivity contribution in [3.63, 3.8) is 0 Å². The Balaban J connectivity index is 0.000000160. The summed E-state index contributed by atoms with van der Waals surface area (Å²) in [5, 5.41) is 16.6. The quantitative estimate of drug-likeness (QED) is 0.0360. The summed E-state index contributed by atoms with van der Waals surface area (Å²) < 4.78 is 0. The Labute approximate surface area is 557 Å². The smallest absolute Gasteiger partial charge is 0.295 e. The van der Waals surface area contributed by atoms with Crippen LogP contribution in [0.2, 0.25) is 0 Å². The zero-order valence-electron chi connectivity index (χ0n) is 48.4. The summed E-state index contributed by atoms with van der Waals surface area (Å²) in [5.41, 5.74) is 9.31. The van der Waals surface area contributed by atoms with Gasteiger partial charge in [-0.3, -0.25) is 22.7 Å². The van der Waals surface area contributed by atoms with Crippen LogP contribution in [0.3, 0.4) is 0 Å². The molecule has 10 radical (unpaired) electrons. The molecule has 2 fully saturated rings. The second kappa shape index (κ2) is 37.9. The first-order valence-corrected chi connectivity index (χ1v) is 36.8. The van der Waals surface area contributed by atoms with Crippen LogP contribution in [0, 0.1) is 73.4 Å². The first-order valence-electron chi connectivity index (χ1n) is 29.1. The SMILES string of the molecule is CCCCc1c(-c2cc[c-]s2)sc(-c2cccs2)c1CCCC.CCCCc1c(-c2cc[c-]s2)sc(-c2cccs2)c1CCCC.[CH]1[CH][CH][C](P(c2ccccc2)c2ccccc2)[CH]1.[CH]1[CH][CH][C](P(c2ccccc2)c2ccccc2)[CH]1.[Fe+2].[Pt+2]. The van der Waals surface area contributed by atoms with Gasteiger partial charge in [-0.25, -0.2) is 0 Å². The normalized spacial score (nSPS) is 13.1. The molecule has 0 N–H and O–H groups in total. The maximum absolute atomic E-state index is 3.27. The molecule has 4 aromatic carbocycles. The van der Waals surface area contributed by atoms with Crippen LogP contribution in [0.1, 0.15) is 101 Å². The molecule has 0 nitrogen and oxygen atoms in total. The standard InChI is InChI=1S/2C20H23S3.2C17H14P.Fe.Pt/c2*1-3-5-9-15-16(10-6-4-2)20(18-12-8-14-22-18)23-19(15)17-11-7-13-21-17;2*1-3-9-15(10-4-1)18(17-13-7-8-14-17)16-11-5-2-6-12-16;;/h2*7-8,11-13H,3-6,9-10H2,1-2H3;2*1-14H;;/q2*-1;;;2*+2.